The van der Waals surface area contributed by atoms with Gasteiger partial charge in [0.15, 0.2) is 0 Å². The van der Waals surface area contributed by atoms with Crippen molar-refractivity contribution in [1.29, 1.82) is 0 Å². The second kappa shape index (κ2) is 6.45. The fraction of sp³-hybridized carbons (Fsp3) is 0.615. The lowest BCUT2D eigenvalue weighted by atomic mass is 10.2. The fourth-order valence-electron chi connectivity index (χ4n) is 1.67. The van der Waals surface area contributed by atoms with Gasteiger partial charge in [0.05, 0.1) is 18.5 Å². The van der Waals surface area contributed by atoms with Crippen LogP contribution in [0.3, 0.4) is 0 Å². The van der Waals surface area contributed by atoms with Gasteiger partial charge < -0.3 is 15.4 Å². The summed E-state index contributed by atoms with van der Waals surface area (Å²) in [6.45, 7) is 8.93. The number of aromatic nitrogens is 1. The van der Waals surface area contributed by atoms with Gasteiger partial charge in [-0.1, -0.05) is 13.8 Å². The van der Waals surface area contributed by atoms with E-state index in [0.717, 1.165) is 30.2 Å². The summed E-state index contributed by atoms with van der Waals surface area (Å²) in [4.78, 5) is 6.63. The van der Waals surface area contributed by atoms with Crippen LogP contribution in [-0.2, 0) is 4.74 Å². The van der Waals surface area contributed by atoms with Crippen LogP contribution in [0.2, 0.25) is 0 Å². The highest BCUT2D eigenvalue weighted by atomic mass is 16.5. The number of aryl methyl sites for hydroxylation is 1. The Balaban J connectivity index is 2.83. The van der Waals surface area contributed by atoms with Gasteiger partial charge in [0.1, 0.15) is 5.82 Å². The fourth-order valence-corrected chi connectivity index (χ4v) is 1.67. The number of nitrogen functional groups attached to an aromatic ring is 1. The first-order valence-electron chi connectivity index (χ1n) is 6.00. The summed E-state index contributed by atoms with van der Waals surface area (Å²) in [5.74, 6) is 1.56. The molecule has 1 aromatic rings. The molecule has 1 heterocycles. The number of nitrogens with two attached hydrogens (primary N) is 1. The first-order valence-corrected chi connectivity index (χ1v) is 6.00. The summed E-state index contributed by atoms with van der Waals surface area (Å²) in [5, 5.41) is 0. The molecule has 4 nitrogen and oxygen atoms in total. The molecule has 1 rings (SSSR count). The maximum absolute atomic E-state index is 5.78. The summed E-state index contributed by atoms with van der Waals surface area (Å²) in [5.41, 5.74) is 7.60. The average molecular weight is 237 g/mol. The minimum Gasteiger partial charge on any atom is -0.397 e. The van der Waals surface area contributed by atoms with Crippen LogP contribution in [-0.4, -0.2) is 31.8 Å². The van der Waals surface area contributed by atoms with Crippen LogP contribution in [0.1, 0.15) is 19.4 Å². The van der Waals surface area contributed by atoms with Gasteiger partial charge in [-0.15, -0.1) is 0 Å². The molecule has 96 valence electrons. The van der Waals surface area contributed by atoms with E-state index in [9.17, 15) is 0 Å². The van der Waals surface area contributed by atoms with Crippen LogP contribution < -0.4 is 10.6 Å². The first kappa shape index (κ1) is 13.8. The highest BCUT2D eigenvalue weighted by Gasteiger charge is 2.10. The number of ether oxygens (including phenoxy) is 1. The van der Waals surface area contributed by atoms with Crippen molar-refractivity contribution in [2.45, 2.75) is 20.8 Å². The number of methoxy groups -OCH3 is 1. The molecule has 0 saturated carbocycles. The number of anilines is 2. The lowest BCUT2D eigenvalue weighted by Gasteiger charge is -2.25. The van der Waals surface area contributed by atoms with Crippen molar-refractivity contribution < 1.29 is 4.74 Å². The van der Waals surface area contributed by atoms with Crippen molar-refractivity contribution >= 4 is 11.5 Å². The number of hydrogen-bond donors (Lipinski definition) is 1. The summed E-state index contributed by atoms with van der Waals surface area (Å²) in [6.07, 6.45) is 1.73. The number of hydrogen-bond acceptors (Lipinski definition) is 4. The third-order valence-electron chi connectivity index (χ3n) is 2.61. The standard InChI is InChI=1S/C13H23N3O/c1-10(2)9-16(5-6-17-4)13-7-11(3)12(14)8-15-13/h7-8,10H,5-6,9,14H2,1-4H3. The van der Waals surface area contributed by atoms with Crippen molar-refractivity contribution in [3.63, 3.8) is 0 Å². The minimum atomic E-state index is 0.589. The van der Waals surface area contributed by atoms with E-state index in [0.29, 0.717) is 12.5 Å². The van der Waals surface area contributed by atoms with Crippen LogP contribution in [0.4, 0.5) is 11.5 Å². The van der Waals surface area contributed by atoms with E-state index >= 15 is 0 Å². The van der Waals surface area contributed by atoms with Crippen LogP contribution in [0, 0.1) is 12.8 Å². The van der Waals surface area contributed by atoms with Crippen molar-refractivity contribution in [2.24, 2.45) is 5.92 Å². The quantitative estimate of drug-likeness (QED) is 0.823. The topological polar surface area (TPSA) is 51.4 Å². The molecule has 2 N–H and O–H groups in total. The Morgan fingerprint density at radius 2 is 2.18 bits per heavy atom. The molecule has 0 atom stereocenters. The molecule has 17 heavy (non-hydrogen) atoms. The zero-order chi connectivity index (χ0) is 12.8. The molecular formula is C13H23N3O. The molecule has 0 saturated heterocycles. The Morgan fingerprint density at radius 1 is 1.47 bits per heavy atom. The van der Waals surface area contributed by atoms with E-state index < -0.39 is 0 Å². The normalized spacial score (nSPS) is 10.9. The second-order valence-corrected chi connectivity index (χ2v) is 4.73. The van der Waals surface area contributed by atoms with Gasteiger partial charge in [-0.3, -0.25) is 0 Å². The third-order valence-corrected chi connectivity index (χ3v) is 2.61. The predicted octanol–water partition coefficient (Wildman–Crippen LogP) is 2.08. The van der Waals surface area contributed by atoms with Crippen molar-refractivity contribution in [3.05, 3.63) is 17.8 Å². The Morgan fingerprint density at radius 3 is 2.71 bits per heavy atom. The maximum atomic E-state index is 5.78. The van der Waals surface area contributed by atoms with E-state index in [-0.39, 0.29) is 0 Å². The van der Waals surface area contributed by atoms with Gasteiger partial charge in [0.2, 0.25) is 0 Å². The lowest BCUT2D eigenvalue weighted by Crippen LogP contribution is -2.31. The SMILES string of the molecule is COCCN(CC(C)C)c1cc(C)c(N)cn1. The lowest BCUT2D eigenvalue weighted by molar-refractivity contribution is 0.204. The van der Waals surface area contributed by atoms with Gasteiger partial charge in [-0.05, 0) is 24.5 Å². The molecule has 0 aliphatic heterocycles. The molecule has 0 aliphatic carbocycles. The maximum Gasteiger partial charge on any atom is 0.128 e. The molecule has 0 aromatic carbocycles. The molecule has 0 bridgehead atoms. The highest BCUT2D eigenvalue weighted by Crippen LogP contribution is 2.18. The molecule has 0 unspecified atom stereocenters. The summed E-state index contributed by atoms with van der Waals surface area (Å²) in [7, 11) is 1.72. The first-order chi connectivity index (χ1) is 8.04. The molecule has 4 heteroatoms. The molecule has 0 radical (unpaired) electrons. The molecule has 0 amide bonds. The molecular weight excluding hydrogens is 214 g/mol. The van der Waals surface area contributed by atoms with Gasteiger partial charge in [0.25, 0.3) is 0 Å². The van der Waals surface area contributed by atoms with Gasteiger partial charge >= 0.3 is 0 Å². The summed E-state index contributed by atoms with van der Waals surface area (Å²) >= 11 is 0. The van der Waals surface area contributed by atoms with E-state index in [1.165, 1.54) is 0 Å². The average Bonchev–Trinajstić information content (AvgIpc) is 2.27. The van der Waals surface area contributed by atoms with Gasteiger partial charge in [-0.2, -0.15) is 0 Å². The van der Waals surface area contributed by atoms with E-state index in [2.05, 4.69) is 23.7 Å². The largest absolute Gasteiger partial charge is 0.397 e. The highest BCUT2D eigenvalue weighted by molar-refractivity contribution is 5.52. The molecule has 1 aromatic heterocycles. The monoisotopic (exact) mass is 237 g/mol. The van der Waals surface area contributed by atoms with Crippen LogP contribution in [0.25, 0.3) is 0 Å². The zero-order valence-corrected chi connectivity index (χ0v) is 11.2. The second-order valence-electron chi connectivity index (χ2n) is 4.73. The Labute approximate surface area is 104 Å². The molecule has 0 fully saturated rings. The Bertz CT molecular complexity index is 353. The number of pyridine rings is 1. The van der Waals surface area contributed by atoms with Crippen LogP contribution >= 0.6 is 0 Å². The van der Waals surface area contributed by atoms with E-state index in [1.807, 2.05) is 13.0 Å². The van der Waals surface area contributed by atoms with Crippen molar-refractivity contribution in [2.75, 3.05) is 37.4 Å². The zero-order valence-electron chi connectivity index (χ0n) is 11.2. The molecule has 0 aliphatic rings. The third kappa shape index (κ3) is 4.23. The number of rotatable bonds is 6. The van der Waals surface area contributed by atoms with Gasteiger partial charge in [-0.25, -0.2) is 4.98 Å². The van der Waals surface area contributed by atoms with Crippen molar-refractivity contribution in [3.8, 4) is 0 Å². The Kier molecular flexibility index (Phi) is 5.22. The number of nitrogens with zero attached hydrogens (tertiary/aromatic N) is 2. The van der Waals surface area contributed by atoms with E-state index in [1.54, 1.807) is 13.3 Å². The van der Waals surface area contributed by atoms with Crippen LogP contribution in [0.5, 0.6) is 0 Å². The van der Waals surface area contributed by atoms with Crippen LogP contribution in [0.15, 0.2) is 12.3 Å². The summed E-state index contributed by atoms with van der Waals surface area (Å²) < 4.78 is 5.14. The Hall–Kier alpha value is -1.29. The molecule has 0 spiro atoms. The summed E-state index contributed by atoms with van der Waals surface area (Å²) in [6, 6.07) is 2.04. The van der Waals surface area contributed by atoms with Gasteiger partial charge in [0, 0.05) is 20.2 Å². The minimum absolute atomic E-state index is 0.589. The smallest absolute Gasteiger partial charge is 0.128 e. The predicted molar refractivity (Wildman–Crippen MR) is 72.3 cm³/mol. The van der Waals surface area contributed by atoms with Crippen molar-refractivity contribution in [1.82, 2.24) is 4.98 Å². The van der Waals surface area contributed by atoms with E-state index in [4.69, 9.17) is 10.5 Å².